The van der Waals surface area contributed by atoms with Crippen LogP contribution in [0.15, 0.2) is 18.2 Å². The first kappa shape index (κ1) is 12.0. The third-order valence-electron chi connectivity index (χ3n) is 2.52. The summed E-state index contributed by atoms with van der Waals surface area (Å²) < 4.78 is 13.0. The largest absolute Gasteiger partial charge is 0.374 e. The van der Waals surface area contributed by atoms with Crippen LogP contribution in [0.2, 0.25) is 0 Å². The van der Waals surface area contributed by atoms with Crippen molar-refractivity contribution in [3.8, 4) is 0 Å². The van der Waals surface area contributed by atoms with Crippen LogP contribution in [0.5, 0.6) is 0 Å². The van der Waals surface area contributed by atoms with Crippen molar-refractivity contribution in [3.05, 3.63) is 29.6 Å². The van der Waals surface area contributed by atoms with Crippen LogP contribution in [0.3, 0.4) is 0 Å². The van der Waals surface area contributed by atoms with Crippen molar-refractivity contribution in [2.75, 3.05) is 18.5 Å². The van der Waals surface area contributed by atoms with E-state index in [4.69, 9.17) is 5.73 Å². The van der Waals surface area contributed by atoms with Gasteiger partial charge in [0.15, 0.2) is 0 Å². The van der Waals surface area contributed by atoms with Gasteiger partial charge in [-0.2, -0.15) is 0 Å². The van der Waals surface area contributed by atoms with Gasteiger partial charge in [0.25, 0.3) is 0 Å². The zero-order valence-electron chi connectivity index (χ0n) is 9.46. The number of halogens is 1. The Morgan fingerprint density at radius 1 is 1.40 bits per heavy atom. The lowest BCUT2D eigenvalue weighted by Gasteiger charge is -2.21. The lowest BCUT2D eigenvalue weighted by molar-refractivity contribution is 0.625. The molecular weight excluding hydrogens is 191 g/mol. The summed E-state index contributed by atoms with van der Waals surface area (Å²) in [6, 6.07) is 4.79. The molecule has 1 aromatic rings. The molecule has 84 valence electrons. The van der Waals surface area contributed by atoms with E-state index in [9.17, 15) is 4.39 Å². The third-order valence-corrected chi connectivity index (χ3v) is 2.52. The molecule has 0 radical (unpaired) electrons. The van der Waals surface area contributed by atoms with Crippen molar-refractivity contribution in [2.24, 2.45) is 5.73 Å². The van der Waals surface area contributed by atoms with Crippen LogP contribution in [0, 0.1) is 5.82 Å². The molecule has 3 heteroatoms. The van der Waals surface area contributed by atoms with Crippen molar-refractivity contribution < 1.29 is 4.39 Å². The first-order chi connectivity index (χ1) is 7.19. The van der Waals surface area contributed by atoms with Gasteiger partial charge in [-0.25, -0.2) is 4.39 Å². The Morgan fingerprint density at radius 2 is 2.13 bits per heavy atom. The second-order valence-corrected chi connectivity index (χ2v) is 3.75. The van der Waals surface area contributed by atoms with E-state index in [0.29, 0.717) is 6.54 Å². The summed E-state index contributed by atoms with van der Waals surface area (Å²) in [4.78, 5) is 2.13. The van der Waals surface area contributed by atoms with Gasteiger partial charge in [0.1, 0.15) is 5.82 Å². The summed E-state index contributed by atoms with van der Waals surface area (Å²) in [5.41, 5.74) is 7.50. The summed E-state index contributed by atoms with van der Waals surface area (Å²) in [5, 5.41) is 0. The first-order valence-electron chi connectivity index (χ1n) is 5.38. The highest BCUT2D eigenvalue weighted by molar-refractivity contribution is 5.53. The molecule has 0 unspecified atom stereocenters. The van der Waals surface area contributed by atoms with Gasteiger partial charge in [0.05, 0.1) is 0 Å². The van der Waals surface area contributed by atoms with Crippen molar-refractivity contribution in [1.29, 1.82) is 0 Å². The predicted octanol–water partition coefficient (Wildman–Crippen LogP) is 2.52. The molecular formula is C12H19FN2. The summed E-state index contributed by atoms with van der Waals surface area (Å²) in [7, 11) is 2.02. The predicted molar refractivity (Wildman–Crippen MR) is 62.5 cm³/mol. The number of hydrogen-bond donors (Lipinski definition) is 1. The number of rotatable bonds is 5. The minimum absolute atomic E-state index is 0.219. The van der Waals surface area contributed by atoms with E-state index >= 15 is 0 Å². The number of nitrogens with two attached hydrogens (primary N) is 1. The fourth-order valence-electron chi connectivity index (χ4n) is 1.61. The minimum Gasteiger partial charge on any atom is -0.374 e. The topological polar surface area (TPSA) is 29.3 Å². The van der Waals surface area contributed by atoms with Gasteiger partial charge in [-0.3, -0.25) is 0 Å². The Kier molecular flexibility index (Phi) is 4.56. The van der Waals surface area contributed by atoms with Gasteiger partial charge in [0, 0.05) is 25.8 Å². The van der Waals surface area contributed by atoms with Crippen LogP contribution in [0.4, 0.5) is 10.1 Å². The van der Waals surface area contributed by atoms with Crippen LogP contribution >= 0.6 is 0 Å². The van der Waals surface area contributed by atoms with E-state index in [1.807, 2.05) is 7.05 Å². The maximum absolute atomic E-state index is 13.0. The summed E-state index contributed by atoms with van der Waals surface area (Å²) in [6.45, 7) is 3.51. The van der Waals surface area contributed by atoms with Crippen LogP contribution in [0.25, 0.3) is 0 Å². The molecule has 15 heavy (non-hydrogen) atoms. The molecule has 2 nitrogen and oxygen atoms in total. The molecule has 2 N–H and O–H groups in total. The SMILES string of the molecule is CCCCN(C)c1ccc(F)cc1CN. The van der Waals surface area contributed by atoms with Crippen molar-refractivity contribution in [2.45, 2.75) is 26.3 Å². The molecule has 1 aromatic carbocycles. The molecule has 0 saturated heterocycles. The van der Waals surface area contributed by atoms with Gasteiger partial charge in [-0.1, -0.05) is 13.3 Å². The van der Waals surface area contributed by atoms with Gasteiger partial charge < -0.3 is 10.6 Å². The van der Waals surface area contributed by atoms with Gasteiger partial charge in [-0.15, -0.1) is 0 Å². The highest BCUT2D eigenvalue weighted by Crippen LogP contribution is 2.20. The number of unbranched alkanes of at least 4 members (excludes halogenated alkanes) is 1. The Bertz CT molecular complexity index is 312. The molecule has 0 fully saturated rings. The minimum atomic E-state index is -0.219. The highest BCUT2D eigenvalue weighted by Gasteiger charge is 2.06. The molecule has 0 saturated carbocycles. The van der Waals surface area contributed by atoms with Crippen LogP contribution in [-0.4, -0.2) is 13.6 Å². The average Bonchev–Trinajstić information content (AvgIpc) is 2.25. The Morgan fingerprint density at radius 3 is 2.73 bits per heavy atom. The Hall–Kier alpha value is -1.09. The lowest BCUT2D eigenvalue weighted by atomic mass is 10.1. The summed E-state index contributed by atoms with van der Waals surface area (Å²) in [5.74, 6) is -0.219. The zero-order chi connectivity index (χ0) is 11.3. The molecule has 0 aliphatic rings. The molecule has 0 bridgehead atoms. The molecule has 0 spiro atoms. The second kappa shape index (κ2) is 5.71. The van der Waals surface area contributed by atoms with Crippen LogP contribution in [0.1, 0.15) is 25.3 Å². The summed E-state index contributed by atoms with van der Waals surface area (Å²) >= 11 is 0. The smallest absolute Gasteiger partial charge is 0.123 e. The maximum atomic E-state index is 13.0. The van der Waals surface area contributed by atoms with Crippen molar-refractivity contribution >= 4 is 5.69 Å². The molecule has 0 atom stereocenters. The fraction of sp³-hybridized carbons (Fsp3) is 0.500. The van der Waals surface area contributed by atoms with E-state index in [1.165, 1.54) is 12.1 Å². The quantitative estimate of drug-likeness (QED) is 0.809. The highest BCUT2D eigenvalue weighted by atomic mass is 19.1. The van der Waals surface area contributed by atoms with E-state index in [-0.39, 0.29) is 5.82 Å². The van der Waals surface area contributed by atoms with Crippen LogP contribution < -0.4 is 10.6 Å². The van der Waals surface area contributed by atoms with Gasteiger partial charge in [-0.05, 0) is 30.2 Å². The van der Waals surface area contributed by atoms with Crippen molar-refractivity contribution in [1.82, 2.24) is 0 Å². The second-order valence-electron chi connectivity index (χ2n) is 3.75. The summed E-state index contributed by atoms with van der Waals surface area (Å²) in [6.07, 6.45) is 2.29. The molecule has 0 heterocycles. The van der Waals surface area contributed by atoms with Crippen molar-refractivity contribution in [3.63, 3.8) is 0 Å². The van der Waals surface area contributed by atoms with E-state index in [2.05, 4.69) is 11.8 Å². The zero-order valence-corrected chi connectivity index (χ0v) is 9.46. The van der Waals surface area contributed by atoms with E-state index in [1.54, 1.807) is 6.07 Å². The molecule has 1 rings (SSSR count). The first-order valence-corrected chi connectivity index (χ1v) is 5.38. The standard InChI is InChI=1S/C12H19FN2/c1-3-4-7-15(2)12-6-5-11(13)8-10(12)9-14/h5-6,8H,3-4,7,9,14H2,1-2H3. The third kappa shape index (κ3) is 3.20. The molecule has 0 aromatic heterocycles. The van der Waals surface area contributed by atoms with Crippen LogP contribution in [-0.2, 0) is 6.54 Å². The lowest BCUT2D eigenvalue weighted by Crippen LogP contribution is -2.20. The van der Waals surface area contributed by atoms with Gasteiger partial charge >= 0.3 is 0 Å². The molecule has 0 aliphatic heterocycles. The number of nitrogens with zero attached hydrogens (tertiary/aromatic N) is 1. The fourth-order valence-corrected chi connectivity index (χ4v) is 1.61. The number of anilines is 1. The van der Waals surface area contributed by atoms with Gasteiger partial charge in [0.2, 0.25) is 0 Å². The maximum Gasteiger partial charge on any atom is 0.123 e. The number of hydrogen-bond acceptors (Lipinski definition) is 2. The normalized spacial score (nSPS) is 10.4. The Labute approximate surface area is 90.9 Å². The van der Waals surface area contributed by atoms with E-state index in [0.717, 1.165) is 30.6 Å². The number of benzene rings is 1. The molecule has 0 aliphatic carbocycles. The van der Waals surface area contributed by atoms with E-state index < -0.39 is 0 Å². The average molecular weight is 210 g/mol. The molecule has 0 amide bonds. The Balaban J connectivity index is 2.82. The monoisotopic (exact) mass is 210 g/mol.